The molecule has 4 nitrogen and oxygen atoms in total. The van der Waals surface area contributed by atoms with Gasteiger partial charge in [-0.1, -0.05) is 122 Å². The molecule has 4 heteroatoms. The normalized spacial score (nSPS) is 11.3. The minimum absolute atomic E-state index is 0.335. The molecule has 3 N–H and O–H groups in total. The van der Waals surface area contributed by atoms with Crippen LogP contribution in [0.1, 0.15) is 161 Å². The summed E-state index contributed by atoms with van der Waals surface area (Å²) in [5.74, 6) is -0.658. The minimum Gasteiger partial charge on any atom is -0.481 e. The second kappa shape index (κ2) is 30.4. The average Bonchev–Trinajstić information content (AvgIpc) is 2.83. The first kappa shape index (κ1) is 33.4. The summed E-state index contributed by atoms with van der Waals surface area (Å²) < 4.78 is 0. The Morgan fingerprint density at radius 2 is 0.706 bits per heavy atom. The van der Waals surface area contributed by atoms with Crippen LogP contribution >= 0.6 is 0 Å². The molecule has 0 radical (unpaired) electrons. The van der Waals surface area contributed by atoms with E-state index >= 15 is 0 Å². The Hall–Kier alpha value is -0.610. The summed E-state index contributed by atoms with van der Waals surface area (Å²) in [7, 11) is 0. The molecule has 0 atom stereocenters. The van der Waals surface area contributed by atoms with Crippen molar-refractivity contribution in [2.45, 2.75) is 161 Å². The highest BCUT2D eigenvalue weighted by molar-refractivity contribution is 5.66. The van der Waals surface area contributed by atoms with E-state index in [0.29, 0.717) is 6.42 Å². The van der Waals surface area contributed by atoms with E-state index in [-0.39, 0.29) is 0 Å². The van der Waals surface area contributed by atoms with Gasteiger partial charge in [-0.25, -0.2) is 0 Å². The molecule has 0 saturated carbocycles. The molecule has 0 fully saturated rings. The Bertz CT molecular complexity index is 390. The second-order valence-corrected chi connectivity index (χ2v) is 10.4. The predicted molar refractivity (Wildman–Crippen MR) is 150 cm³/mol. The molecule has 0 aliphatic rings. The number of nitrogens with one attached hydrogen (secondary N) is 2. The van der Waals surface area contributed by atoms with E-state index in [9.17, 15) is 4.79 Å². The molecule has 204 valence electrons. The highest BCUT2D eigenvalue weighted by Gasteiger charge is 1.97. The van der Waals surface area contributed by atoms with Crippen LogP contribution in [-0.2, 0) is 4.79 Å². The van der Waals surface area contributed by atoms with Gasteiger partial charge in [-0.15, -0.1) is 0 Å². The first-order chi connectivity index (χ1) is 16.8. The molecule has 0 amide bonds. The van der Waals surface area contributed by atoms with Crippen molar-refractivity contribution in [2.24, 2.45) is 0 Å². The molecular formula is C30H62N2O2. The van der Waals surface area contributed by atoms with Crippen molar-refractivity contribution in [2.75, 3.05) is 26.2 Å². The van der Waals surface area contributed by atoms with Crippen molar-refractivity contribution in [1.29, 1.82) is 0 Å². The van der Waals surface area contributed by atoms with E-state index in [1.807, 2.05) is 0 Å². The van der Waals surface area contributed by atoms with E-state index in [1.54, 1.807) is 0 Å². The van der Waals surface area contributed by atoms with Crippen LogP contribution in [0.25, 0.3) is 0 Å². The predicted octanol–water partition coefficient (Wildman–Crippen LogP) is 8.63. The maximum atomic E-state index is 10.4. The van der Waals surface area contributed by atoms with E-state index in [4.69, 9.17) is 5.11 Å². The third-order valence-electron chi connectivity index (χ3n) is 6.91. The molecule has 0 aromatic heterocycles. The molecule has 0 aromatic rings. The van der Waals surface area contributed by atoms with Crippen molar-refractivity contribution in [3.8, 4) is 0 Å². The van der Waals surface area contributed by atoms with Gasteiger partial charge in [-0.3, -0.25) is 4.79 Å². The lowest BCUT2D eigenvalue weighted by atomic mass is 10.1. The average molecular weight is 483 g/mol. The van der Waals surface area contributed by atoms with Crippen LogP contribution in [0.5, 0.6) is 0 Å². The van der Waals surface area contributed by atoms with Crippen molar-refractivity contribution in [3.63, 3.8) is 0 Å². The lowest BCUT2D eigenvalue weighted by Gasteiger charge is -2.06. The standard InChI is InChI=1S/C30H62N2O2/c1-2-3-4-5-6-7-8-10-13-16-21-26-31-28-23-18-19-24-29-32-27-22-17-14-11-9-12-15-20-25-30(33)34/h31-32H,2-29H2,1H3,(H,33,34). The van der Waals surface area contributed by atoms with Gasteiger partial charge in [0.15, 0.2) is 0 Å². The molecule has 0 bridgehead atoms. The van der Waals surface area contributed by atoms with Gasteiger partial charge in [0.05, 0.1) is 0 Å². The summed E-state index contributed by atoms with van der Waals surface area (Å²) in [6.45, 7) is 7.04. The van der Waals surface area contributed by atoms with Crippen LogP contribution in [0.4, 0.5) is 0 Å². The lowest BCUT2D eigenvalue weighted by Crippen LogP contribution is -2.17. The topological polar surface area (TPSA) is 61.4 Å². The van der Waals surface area contributed by atoms with E-state index in [2.05, 4.69) is 17.6 Å². The van der Waals surface area contributed by atoms with Crippen LogP contribution < -0.4 is 10.6 Å². The van der Waals surface area contributed by atoms with E-state index < -0.39 is 5.97 Å². The summed E-state index contributed by atoms with van der Waals surface area (Å²) in [5, 5.41) is 15.8. The Morgan fingerprint density at radius 3 is 1.00 bits per heavy atom. The number of carboxylic acid groups (broad SMARTS) is 1. The molecule has 0 rings (SSSR count). The van der Waals surface area contributed by atoms with E-state index in [0.717, 1.165) is 12.8 Å². The van der Waals surface area contributed by atoms with Crippen molar-refractivity contribution >= 4 is 5.97 Å². The number of hydrogen-bond donors (Lipinski definition) is 3. The zero-order valence-electron chi connectivity index (χ0n) is 23.2. The van der Waals surface area contributed by atoms with Crippen LogP contribution in [0.15, 0.2) is 0 Å². The van der Waals surface area contributed by atoms with E-state index in [1.165, 1.54) is 161 Å². The monoisotopic (exact) mass is 482 g/mol. The maximum absolute atomic E-state index is 10.4. The fourth-order valence-corrected chi connectivity index (χ4v) is 4.60. The smallest absolute Gasteiger partial charge is 0.303 e. The molecule has 34 heavy (non-hydrogen) atoms. The molecule has 0 aliphatic heterocycles. The van der Waals surface area contributed by atoms with Crippen molar-refractivity contribution in [1.82, 2.24) is 10.6 Å². The van der Waals surface area contributed by atoms with Crippen molar-refractivity contribution in [3.05, 3.63) is 0 Å². The highest BCUT2D eigenvalue weighted by Crippen LogP contribution is 2.11. The zero-order valence-corrected chi connectivity index (χ0v) is 23.2. The molecule has 0 spiro atoms. The molecule has 0 unspecified atom stereocenters. The van der Waals surface area contributed by atoms with Gasteiger partial charge in [0, 0.05) is 6.42 Å². The number of hydrogen-bond acceptors (Lipinski definition) is 3. The highest BCUT2D eigenvalue weighted by atomic mass is 16.4. The number of rotatable bonds is 30. The van der Waals surface area contributed by atoms with Gasteiger partial charge in [-0.2, -0.15) is 0 Å². The Balaban J connectivity index is 3.01. The first-order valence-corrected chi connectivity index (χ1v) is 15.4. The lowest BCUT2D eigenvalue weighted by molar-refractivity contribution is -0.137. The number of aliphatic carboxylic acids is 1. The summed E-state index contributed by atoms with van der Waals surface area (Å²) in [6, 6.07) is 0. The van der Waals surface area contributed by atoms with Gasteiger partial charge < -0.3 is 15.7 Å². The van der Waals surface area contributed by atoms with Crippen LogP contribution in [0, 0.1) is 0 Å². The van der Waals surface area contributed by atoms with Crippen LogP contribution in [0.2, 0.25) is 0 Å². The molecule has 0 saturated heterocycles. The second-order valence-electron chi connectivity index (χ2n) is 10.4. The molecule has 0 aliphatic carbocycles. The van der Waals surface area contributed by atoms with Gasteiger partial charge in [0.2, 0.25) is 0 Å². The largest absolute Gasteiger partial charge is 0.481 e. The SMILES string of the molecule is CCCCCCCCCCCCCNCCCCCCNCCCCCCCCCCC(=O)O. The fraction of sp³-hybridized carbons (Fsp3) is 0.967. The van der Waals surface area contributed by atoms with Crippen molar-refractivity contribution < 1.29 is 9.90 Å². The summed E-state index contributed by atoms with van der Waals surface area (Å²) >= 11 is 0. The van der Waals surface area contributed by atoms with Crippen LogP contribution in [0.3, 0.4) is 0 Å². The third kappa shape index (κ3) is 31.4. The van der Waals surface area contributed by atoms with Gasteiger partial charge >= 0.3 is 5.97 Å². The maximum Gasteiger partial charge on any atom is 0.303 e. The quantitative estimate of drug-likeness (QED) is 0.0896. The molecule has 0 aromatic carbocycles. The third-order valence-corrected chi connectivity index (χ3v) is 6.91. The summed E-state index contributed by atoms with van der Waals surface area (Å²) in [5.41, 5.74) is 0. The summed E-state index contributed by atoms with van der Waals surface area (Å²) in [4.78, 5) is 10.4. The fourth-order valence-electron chi connectivity index (χ4n) is 4.60. The Kier molecular flexibility index (Phi) is 29.9. The summed E-state index contributed by atoms with van der Waals surface area (Å²) in [6.07, 6.45) is 31.0. The molecule has 0 heterocycles. The van der Waals surface area contributed by atoms with Crippen LogP contribution in [-0.4, -0.2) is 37.3 Å². The first-order valence-electron chi connectivity index (χ1n) is 15.4. The van der Waals surface area contributed by atoms with Gasteiger partial charge in [-0.05, 0) is 58.3 Å². The Labute approximate surface area is 213 Å². The van der Waals surface area contributed by atoms with Gasteiger partial charge in [0.25, 0.3) is 0 Å². The minimum atomic E-state index is -0.658. The number of carbonyl (C=O) groups is 1. The number of carboxylic acids is 1. The zero-order chi connectivity index (χ0) is 24.8. The van der Waals surface area contributed by atoms with Gasteiger partial charge in [0.1, 0.15) is 0 Å². The number of unbranched alkanes of at least 4 members (excludes halogenated alkanes) is 20. The molecular weight excluding hydrogens is 420 g/mol. The Morgan fingerprint density at radius 1 is 0.441 bits per heavy atom.